The normalized spacial score (nSPS) is 18.9. The van der Waals surface area contributed by atoms with Crippen LogP contribution in [-0.4, -0.2) is 112 Å². The largest absolute Gasteiger partial charge is 0.444 e. The van der Waals surface area contributed by atoms with Crippen LogP contribution in [0.5, 0.6) is 0 Å². The van der Waals surface area contributed by atoms with Crippen molar-refractivity contribution in [1.82, 2.24) is 25.4 Å². The number of ether oxygens (including phenoxy) is 1. The number of carbonyl (C=O) groups excluding carboxylic acids is 4. The fourth-order valence-electron chi connectivity index (χ4n) is 9.56. The van der Waals surface area contributed by atoms with E-state index >= 15 is 0 Å². The molecule has 15 nitrogen and oxygen atoms in total. The number of hydrogen-bond donors (Lipinski definition) is 3. The lowest BCUT2D eigenvalue weighted by atomic mass is 9.85. The molecule has 4 amide bonds. The van der Waals surface area contributed by atoms with Gasteiger partial charge in [-0.2, -0.15) is 5.26 Å². The molecule has 370 valence electrons. The van der Waals surface area contributed by atoms with Crippen molar-refractivity contribution in [3.63, 3.8) is 0 Å². The van der Waals surface area contributed by atoms with Crippen LogP contribution >= 0.6 is 23.8 Å². The van der Waals surface area contributed by atoms with E-state index in [2.05, 4.69) is 44.8 Å². The molecule has 1 unspecified atom stereocenters. The number of piperidine rings is 1. The van der Waals surface area contributed by atoms with Crippen LogP contribution in [0.15, 0.2) is 108 Å². The average Bonchev–Trinajstić information content (AvgIpc) is 4.08. The molecule has 3 saturated heterocycles. The van der Waals surface area contributed by atoms with Gasteiger partial charge in [0, 0.05) is 37.3 Å². The molecule has 17 heteroatoms. The molecule has 4 heterocycles. The van der Waals surface area contributed by atoms with Gasteiger partial charge in [-0.3, -0.25) is 24.1 Å². The highest BCUT2D eigenvalue weighted by atomic mass is 35.5. The number of amides is 4. The molecule has 5 aromatic rings. The topological polar surface area (TPSA) is 185 Å². The Morgan fingerprint density at radius 3 is 2.24 bits per heavy atom. The van der Waals surface area contributed by atoms with E-state index in [1.807, 2.05) is 94.1 Å². The third kappa shape index (κ3) is 11.4. The number of benzene rings is 4. The Balaban J connectivity index is 0.773. The molecule has 3 aliphatic rings. The maximum atomic E-state index is 14.0. The van der Waals surface area contributed by atoms with Crippen LogP contribution in [0.3, 0.4) is 0 Å². The zero-order valence-corrected chi connectivity index (χ0v) is 42.1. The number of rotatable bonds is 15. The lowest BCUT2D eigenvalue weighted by molar-refractivity contribution is -0.144. The first kappa shape index (κ1) is 50.9. The van der Waals surface area contributed by atoms with Gasteiger partial charge in [-0.25, -0.2) is 4.98 Å². The molecule has 3 aliphatic heterocycles. The van der Waals surface area contributed by atoms with Gasteiger partial charge in [0.05, 0.1) is 35.2 Å². The summed E-state index contributed by atoms with van der Waals surface area (Å²) in [6.07, 6.45) is 4.18. The van der Waals surface area contributed by atoms with E-state index in [0.717, 1.165) is 53.9 Å². The number of β-amino-alcohol motifs (C(OH)–C–C–N with tert-alkyl or cyclic N) is 1. The molecule has 3 N–H and O–H groups in total. The van der Waals surface area contributed by atoms with Gasteiger partial charge >= 0.3 is 0 Å². The number of aliphatic hydroxyl groups excluding tert-OH is 1. The van der Waals surface area contributed by atoms with Crippen molar-refractivity contribution >= 4 is 63.9 Å². The monoisotopic (exact) mass is 998 g/mol. The average molecular weight is 1000 g/mol. The fourth-order valence-corrected chi connectivity index (χ4v) is 10.3. The minimum absolute atomic E-state index is 0.0146. The van der Waals surface area contributed by atoms with Crippen molar-refractivity contribution in [2.75, 3.05) is 49.2 Å². The van der Waals surface area contributed by atoms with Crippen molar-refractivity contribution in [2.24, 2.45) is 5.41 Å². The van der Waals surface area contributed by atoms with Crippen LogP contribution in [-0.2, 0) is 30.5 Å². The van der Waals surface area contributed by atoms with Gasteiger partial charge in [-0.05, 0) is 116 Å². The van der Waals surface area contributed by atoms with Crippen molar-refractivity contribution < 1.29 is 33.4 Å². The number of likely N-dealkylation sites (tertiary alicyclic amines) is 2. The summed E-state index contributed by atoms with van der Waals surface area (Å²) in [7, 11) is 0. The highest BCUT2D eigenvalue weighted by Gasteiger charge is 2.50. The Morgan fingerprint density at radius 2 is 1.62 bits per heavy atom. The summed E-state index contributed by atoms with van der Waals surface area (Å²) in [4.78, 5) is 65.4. The van der Waals surface area contributed by atoms with E-state index in [4.69, 9.17) is 33.0 Å². The summed E-state index contributed by atoms with van der Waals surface area (Å²) in [5.41, 5.74) is 5.08. The number of oxazole rings is 1. The summed E-state index contributed by atoms with van der Waals surface area (Å²) in [6, 6.07) is 29.3. The number of carbonyl (C=O) groups is 4. The summed E-state index contributed by atoms with van der Waals surface area (Å²) in [6.45, 7) is 12.0. The number of aliphatic hydroxyl groups is 1. The molecular weight excluding hydrogens is 940 g/mol. The third-order valence-corrected chi connectivity index (χ3v) is 14.3. The maximum Gasteiger partial charge on any atom is 0.259 e. The predicted molar refractivity (Wildman–Crippen MR) is 275 cm³/mol. The Kier molecular flexibility index (Phi) is 15.4. The standard InChI is InChI=1S/C54H59ClN8O7S/c1-53(2,3)48(50(67)61-31-43(64)27-45(61)49(66)58-29-34-6-8-39(9-7-34)46-30-57-33-70-46)59-47(65)32-69-25-24-60-22-20-38(21-23-60)36-12-10-35(11-13-36)37-14-17-41(18-15-37)63-52(71)62(51(68)54(63,4)5)42-19-16-40(28-56)44(55)26-42/h6-19,26,30,33,38,43,45,48,64H,20-25,27,29,31-32H2,1-5H3,(H,58,66)(H,59,65)/t43-,45?,48-/m1/s1. The van der Waals surface area contributed by atoms with E-state index in [0.29, 0.717) is 41.2 Å². The zero-order chi connectivity index (χ0) is 50.6. The zero-order valence-electron chi connectivity index (χ0n) is 40.6. The van der Waals surface area contributed by atoms with Gasteiger partial charge in [-0.1, -0.05) is 93.0 Å². The fraction of sp³-hybridized carbons (Fsp3) is 0.389. The second-order valence-electron chi connectivity index (χ2n) is 20.0. The van der Waals surface area contributed by atoms with Crippen molar-refractivity contribution in [3.05, 3.63) is 125 Å². The number of nitrogens with zero attached hydrogens (tertiary/aromatic N) is 6. The molecule has 0 bridgehead atoms. The van der Waals surface area contributed by atoms with Crippen molar-refractivity contribution in [1.29, 1.82) is 5.26 Å². The first-order valence-corrected chi connectivity index (χ1v) is 24.6. The summed E-state index contributed by atoms with van der Waals surface area (Å²) < 4.78 is 11.2. The van der Waals surface area contributed by atoms with Gasteiger partial charge < -0.3 is 39.6 Å². The van der Waals surface area contributed by atoms with Crippen LogP contribution in [0.4, 0.5) is 11.4 Å². The smallest absolute Gasteiger partial charge is 0.259 e. The van der Waals surface area contributed by atoms with E-state index in [1.165, 1.54) is 21.8 Å². The van der Waals surface area contributed by atoms with Crippen LogP contribution in [0, 0.1) is 16.7 Å². The molecule has 8 rings (SSSR count). The number of thiocarbonyl (C=S) groups is 1. The quantitative estimate of drug-likeness (QED) is 0.0697. The second-order valence-corrected chi connectivity index (χ2v) is 20.7. The van der Waals surface area contributed by atoms with E-state index in [-0.39, 0.29) is 43.0 Å². The molecule has 0 aliphatic carbocycles. The number of anilines is 2. The Hall–Kier alpha value is -6.48. The van der Waals surface area contributed by atoms with Crippen LogP contribution < -0.4 is 20.4 Å². The number of halogens is 1. The Morgan fingerprint density at radius 1 is 0.972 bits per heavy atom. The molecule has 3 atom stereocenters. The van der Waals surface area contributed by atoms with E-state index in [9.17, 15) is 29.5 Å². The molecular formula is C54H59ClN8O7S. The lowest BCUT2D eigenvalue weighted by Gasteiger charge is -2.35. The highest BCUT2D eigenvalue weighted by Crippen LogP contribution is 2.39. The SMILES string of the molecule is CC(C)(C)[C@H](NC(=O)COCCN1CCC(c2ccc(-c3ccc(N4C(=S)N(c5ccc(C#N)c(Cl)c5)C(=O)C4(C)C)cc3)cc2)CC1)C(=O)N1C[C@H](O)CC1C(=O)NCc1ccc(-c2cnco2)cc1. The molecule has 0 saturated carbocycles. The number of aromatic nitrogens is 1. The number of hydrogen-bond acceptors (Lipinski definition) is 11. The molecule has 1 aromatic heterocycles. The van der Waals surface area contributed by atoms with Crippen molar-refractivity contribution in [2.45, 2.75) is 90.1 Å². The first-order chi connectivity index (χ1) is 33.9. The van der Waals surface area contributed by atoms with E-state index in [1.54, 1.807) is 24.4 Å². The molecule has 3 fully saturated rings. The van der Waals surface area contributed by atoms with Gasteiger partial charge in [0.1, 0.15) is 30.3 Å². The summed E-state index contributed by atoms with van der Waals surface area (Å²) in [5, 5.41) is 26.3. The van der Waals surface area contributed by atoms with Gasteiger partial charge in [0.25, 0.3) is 5.91 Å². The van der Waals surface area contributed by atoms with Crippen molar-refractivity contribution in [3.8, 4) is 28.5 Å². The predicted octanol–water partition coefficient (Wildman–Crippen LogP) is 7.46. The Labute approximate surface area is 424 Å². The van der Waals surface area contributed by atoms with Crippen LogP contribution in [0.2, 0.25) is 5.02 Å². The molecule has 4 aromatic carbocycles. The first-order valence-electron chi connectivity index (χ1n) is 23.8. The number of nitriles is 1. The van der Waals surface area contributed by atoms with Crippen LogP contribution in [0.25, 0.3) is 22.5 Å². The summed E-state index contributed by atoms with van der Waals surface area (Å²) >= 11 is 12.2. The van der Waals surface area contributed by atoms with Gasteiger partial charge in [0.15, 0.2) is 17.3 Å². The maximum absolute atomic E-state index is 14.0. The Bertz CT molecular complexity index is 2780. The molecule has 0 radical (unpaired) electrons. The number of nitrogens with one attached hydrogen (secondary N) is 2. The highest BCUT2D eigenvalue weighted by molar-refractivity contribution is 7.81. The second kappa shape index (κ2) is 21.5. The van der Waals surface area contributed by atoms with E-state index < -0.39 is 41.0 Å². The summed E-state index contributed by atoms with van der Waals surface area (Å²) in [5.74, 6) is -0.382. The minimum atomic E-state index is -0.953. The minimum Gasteiger partial charge on any atom is -0.444 e. The van der Waals surface area contributed by atoms with Gasteiger partial charge in [-0.15, -0.1) is 0 Å². The van der Waals surface area contributed by atoms with Crippen LogP contribution in [0.1, 0.15) is 76.5 Å². The molecule has 0 spiro atoms. The van der Waals surface area contributed by atoms with Gasteiger partial charge in [0.2, 0.25) is 17.7 Å². The third-order valence-electron chi connectivity index (χ3n) is 13.6. The molecule has 71 heavy (non-hydrogen) atoms. The lowest BCUT2D eigenvalue weighted by Crippen LogP contribution is -2.58.